The fourth-order valence-electron chi connectivity index (χ4n) is 1.80. The van der Waals surface area contributed by atoms with E-state index >= 15 is 0 Å². The molecule has 1 aliphatic rings. The summed E-state index contributed by atoms with van der Waals surface area (Å²) < 4.78 is 75.6. The fraction of sp³-hybridized carbons (Fsp3) is 0.273. The van der Waals surface area contributed by atoms with Gasteiger partial charge < -0.3 is 10.2 Å². The Hall–Kier alpha value is -2.26. The molecule has 0 amide bonds. The predicted molar refractivity (Wildman–Crippen MR) is 55.2 cm³/mol. The third-order valence-corrected chi connectivity index (χ3v) is 2.49. The summed E-state index contributed by atoms with van der Waals surface area (Å²) in [5.41, 5.74) is -7.30. The summed E-state index contributed by atoms with van der Waals surface area (Å²) in [5.74, 6) is -4.12. The molecular formula is C11H6F6O4. The number of halogens is 6. The van der Waals surface area contributed by atoms with Gasteiger partial charge in [-0.3, -0.25) is 0 Å². The first-order chi connectivity index (χ1) is 9.37. The molecule has 4 nitrogen and oxygen atoms in total. The van der Waals surface area contributed by atoms with Crippen LogP contribution in [-0.4, -0.2) is 34.5 Å². The van der Waals surface area contributed by atoms with E-state index in [0.29, 0.717) is 6.08 Å². The molecule has 0 aromatic heterocycles. The largest absolute Gasteiger partial charge is 0.478 e. The molecule has 21 heavy (non-hydrogen) atoms. The van der Waals surface area contributed by atoms with E-state index in [1.54, 1.807) is 0 Å². The SMILES string of the molecule is O=C(O)C1=C(C(=O)O)C(=C(C(F)(F)F)C(F)(F)F)CC=C1. The molecule has 116 valence electrons. The Morgan fingerprint density at radius 1 is 0.952 bits per heavy atom. The number of hydrogen-bond donors (Lipinski definition) is 2. The second-order valence-electron chi connectivity index (χ2n) is 3.85. The topological polar surface area (TPSA) is 74.6 Å². The number of carboxylic acids is 2. The molecule has 0 fully saturated rings. The Bertz CT molecular complexity index is 561. The van der Waals surface area contributed by atoms with E-state index in [2.05, 4.69) is 0 Å². The van der Waals surface area contributed by atoms with E-state index in [1.165, 1.54) is 0 Å². The number of allylic oxidation sites excluding steroid dienone is 2. The number of aliphatic carboxylic acids is 2. The predicted octanol–water partition coefficient (Wildman–Crippen LogP) is 2.83. The summed E-state index contributed by atoms with van der Waals surface area (Å²) >= 11 is 0. The zero-order valence-corrected chi connectivity index (χ0v) is 9.84. The van der Waals surface area contributed by atoms with Crippen LogP contribution in [-0.2, 0) is 9.59 Å². The lowest BCUT2D eigenvalue weighted by atomic mass is 9.88. The van der Waals surface area contributed by atoms with Crippen molar-refractivity contribution < 1.29 is 46.1 Å². The second kappa shape index (κ2) is 5.26. The molecule has 0 radical (unpaired) electrons. The molecule has 0 spiro atoms. The van der Waals surface area contributed by atoms with E-state index in [9.17, 15) is 35.9 Å². The van der Waals surface area contributed by atoms with Crippen molar-refractivity contribution in [2.45, 2.75) is 18.8 Å². The number of carbonyl (C=O) groups is 2. The maximum Gasteiger partial charge on any atom is 0.421 e. The van der Waals surface area contributed by atoms with Gasteiger partial charge in [0.2, 0.25) is 0 Å². The minimum atomic E-state index is -5.87. The lowest BCUT2D eigenvalue weighted by molar-refractivity contribution is -0.173. The zero-order chi connectivity index (χ0) is 16.6. The van der Waals surface area contributed by atoms with Crippen molar-refractivity contribution in [3.05, 3.63) is 34.4 Å². The Morgan fingerprint density at radius 3 is 1.76 bits per heavy atom. The average molecular weight is 316 g/mol. The first-order valence-electron chi connectivity index (χ1n) is 5.12. The highest BCUT2D eigenvalue weighted by atomic mass is 19.4. The van der Waals surface area contributed by atoms with Crippen LogP contribution >= 0.6 is 0 Å². The molecule has 0 saturated heterocycles. The Morgan fingerprint density at radius 2 is 1.43 bits per heavy atom. The van der Waals surface area contributed by atoms with Gasteiger partial charge in [0, 0.05) is 0 Å². The fourth-order valence-corrected chi connectivity index (χ4v) is 1.80. The smallest absolute Gasteiger partial charge is 0.421 e. The molecule has 0 saturated carbocycles. The molecule has 2 N–H and O–H groups in total. The van der Waals surface area contributed by atoms with E-state index < -0.39 is 53.0 Å². The van der Waals surface area contributed by atoms with Gasteiger partial charge in [-0.25, -0.2) is 9.59 Å². The van der Waals surface area contributed by atoms with Gasteiger partial charge in [0.15, 0.2) is 0 Å². The highest BCUT2D eigenvalue weighted by molar-refractivity contribution is 6.04. The van der Waals surface area contributed by atoms with Crippen molar-refractivity contribution in [1.82, 2.24) is 0 Å². The maximum absolute atomic E-state index is 12.6. The van der Waals surface area contributed by atoms with Crippen molar-refractivity contribution in [3.63, 3.8) is 0 Å². The summed E-state index contributed by atoms with van der Waals surface area (Å²) in [6, 6.07) is 0. The molecule has 0 bridgehead atoms. The zero-order valence-electron chi connectivity index (χ0n) is 9.84. The van der Waals surface area contributed by atoms with E-state index in [1.807, 2.05) is 0 Å². The van der Waals surface area contributed by atoms with Gasteiger partial charge in [0.25, 0.3) is 0 Å². The Balaban J connectivity index is 3.80. The van der Waals surface area contributed by atoms with Crippen LogP contribution < -0.4 is 0 Å². The first-order valence-corrected chi connectivity index (χ1v) is 5.12. The molecule has 0 aliphatic heterocycles. The van der Waals surface area contributed by atoms with Crippen LogP contribution in [0.5, 0.6) is 0 Å². The van der Waals surface area contributed by atoms with E-state index in [4.69, 9.17) is 10.2 Å². The maximum atomic E-state index is 12.6. The van der Waals surface area contributed by atoms with Gasteiger partial charge in [-0.05, 0) is 12.0 Å². The van der Waals surface area contributed by atoms with Crippen LogP contribution in [0.25, 0.3) is 0 Å². The molecule has 1 aliphatic carbocycles. The van der Waals surface area contributed by atoms with E-state index in [-0.39, 0.29) is 0 Å². The molecular weight excluding hydrogens is 310 g/mol. The Labute approximate surface area is 112 Å². The monoisotopic (exact) mass is 316 g/mol. The van der Waals surface area contributed by atoms with Crippen molar-refractivity contribution in [2.24, 2.45) is 0 Å². The van der Waals surface area contributed by atoms with Crippen molar-refractivity contribution >= 4 is 11.9 Å². The van der Waals surface area contributed by atoms with Crippen LogP contribution in [0.15, 0.2) is 34.4 Å². The van der Waals surface area contributed by atoms with Gasteiger partial charge in [-0.2, -0.15) is 26.3 Å². The normalized spacial score (nSPS) is 16.2. The quantitative estimate of drug-likeness (QED) is 0.768. The highest BCUT2D eigenvalue weighted by Gasteiger charge is 2.54. The van der Waals surface area contributed by atoms with Crippen LogP contribution in [0, 0.1) is 0 Å². The van der Waals surface area contributed by atoms with Crippen molar-refractivity contribution in [3.8, 4) is 0 Å². The van der Waals surface area contributed by atoms with Gasteiger partial charge in [-0.15, -0.1) is 0 Å². The van der Waals surface area contributed by atoms with Crippen LogP contribution in [0.1, 0.15) is 6.42 Å². The van der Waals surface area contributed by atoms with Crippen molar-refractivity contribution in [1.29, 1.82) is 0 Å². The van der Waals surface area contributed by atoms with E-state index in [0.717, 1.165) is 6.08 Å². The molecule has 0 unspecified atom stereocenters. The molecule has 10 heteroatoms. The molecule has 0 atom stereocenters. The van der Waals surface area contributed by atoms with Gasteiger partial charge in [0.1, 0.15) is 5.57 Å². The first kappa shape index (κ1) is 16.8. The minimum Gasteiger partial charge on any atom is -0.478 e. The molecule has 0 aromatic carbocycles. The van der Waals surface area contributed by atoms with Crippen molar-refractivity contribution in [2.75, 3.05) is 0 Å². The summed E-state index contributed by atoms with van der Waals surface area (Å²) in [5, 5.41) is 17.5. The molecule has 0 aromatic rings. The standard InChI is InChI=1S/C11H6F6O4/c12-10(13,14)7(11(15,16)17)4-2-1-3-5(8(18)19)6(4)9(20)21/h1,3H,2H2,(H,18,19)(H,20,21). The second-order valence-corrected chi connectivity index (χ2v) is 3.85. The Kier molecular flexibility index (Phi) is 4.21. The summed E-state index contributed by atoms with van der Waals surface area (Å²) in [6.07, 6.45) is -11.4. The third kappa shape index (κ3) is 3.44. The van der Waals surface area contributed by atoms with Crippen LogP contribution in [0.4, 0.5) is 26.3 Å². The number of alkyl halides is 6. The lowest BCUT2D eigenvalue weighted by Crippen LogP contribution is -2.30. The molecule has 0 heterocycles. The average Bonchev–Trinajstić information content (AvgIpc) is 2.23. The molecule has 1 rings (SSSR count). The number of hydrogen-bond acceptors (Lipinski definition) is 2. The number of carboxylic acid groups (broad SMARTS) is 2. The third-order valence-electron chi connectivity index (χ3n) is 2.49. The summed E-state index contributed by atoms with van der Waals surface area (Å²) in [7, 11) is 0. The van der Waals surface area contributed by atoms with Gasteiger partial charge >= 0.3 is 24.3 Å². The van der Waals surface area contributed by atoms with Gasteiger partial charge in [-0.1, -0.05) is 12.2 Å². The number of rotatable bonds is 2. The summed E-state index contributed by atoms with van der Waals surface area (Å²) in [4.78, 5) is 21.7. The van der Waals surface area contributed by atoms with Crippen LogP contribution in [0.2, 0.25) is 0 Å². The minimum absolute atomic E-state index is 0.652. The van der Waals surface area contributed by atoms with Crippen LogP contribution in [0.3, 0.4) is 0 Å². The lowest BCUT2D eigenvalue weighted by Gasteiger charge is -2.22. The summed E-state index contributed by atoms with van der Waals surface area (Å²) in [6.45, 7) is 0. The van der Waals surface area contributed by atoms with Gasteiger partial charge in [0.05, 0.1) is 11.1 Å². The highest BCUT2D eigenvalue weighted by Crippen LogP contribution is 2.44.